The number of hydrogen-bond acceptors (Lipinski definition) is 1. The fourth-order valence-corrected chi connectivity index (χ4v) is 4.14. The average Bonchev–Trinajstić information content (AvgIpc) is 2.56. The molecular formula is C21H32O. The molecule has 2 saturated carbocycles. The molecule has 22 heavy (non-hydrogen) atoms. The van der Waals surface area contributed by atoms with Crippen molar-refractivity contribution in [3.8, 4) is 5.75 Å². The Kier molecular flexibility index (Phi) is 5.44. The first-order valence-electron chi connectivity index (χ1n) is 9.43. The summed E-state index contributed by atoms with van der Waals surface area (Å²) in [5.41, 5.74) is 1.52. The van der Waals surface area contributed by atoms with Crippen molar-refractivity contribution in [3.63, 3.8) is 0 Å². The second-order valence-electron chi connectivity index (χ2n) is 7.96. The summed E-state index contributed by atoms with van der Waals surface area (Å²) in [6.45, 7) is 5.67. The predicted molar refractivity (Wildman–Crippen MR) is 93.4 cm³/mol. The molecule has 0 aliphatic heterocycles. The Bertz CT molecular complexity index is 433. The SMILES string of the molecule is CC1CCC(COc2ccc(C3CCC(C)CC3)cc2)CC1. The summed E-state index contributed by atoms with van der Waals surface area (Å²) in [5, 5.41) is 0. The first kappa shape index (κ1) is 15.9. The second-order valence-corrected chi connectivity index (χ2v) is 7.96. The predicted octanol–water partition coefficient (Wildman–Crippen LogP) is 6.19. The highest BCUT2D eigenvalue weighted by atomic mass is 16.5. The number of ether oxygens (including phenoxy) is 1. The van der Waals surface area contributed by atoms with Crippen LogP contribution in [0.5, 0.6) is 5.75 Å². The molecule has 2 fully saturated rings. The molecule has 0 bridgehead atoms. The first-order chi connectivity index (χ1) is 10.7. The number of benzene rings is 1. The van der Waals surface area contributed by atoms with Crippen molar-refractivity contribution in [1.29, 1.82) is 0 Å². The third-order valence-electron chi connectivity index (χ3n) is 5.99. The molecule has 0 atom stereocenters. The van der Waals surface area contributed by atoms with E-state index in [0.29, 0.717) is 0 Å². The Morgan fingerprint density at radius 3 is 1.91 bits per heavy atom. The van der Waals surface area contributed by atoms with Gasteiger partial charge in [0.15, 0.2) is 0 Å². The van der Waals surface area contributed by atoms with Crippen LogP contribution < -0.4 is 4.74 Å². The van der Waals surface area contributed by atoms with Gasteiger partial charge >= 0.3 is 0 Å². The second kappa shape index (κ2) is 7.53. The quantitative estimate of drug-likeness (QED) is 0.644. The van der Waals surface area contributed by atoms with E-state index in [0.717, 1.165) is 36.0 Å². The van der Waals surface area contributed by atoms with Crippen LogP contribution in [0.1, 0.15) is 76.7 Å². The minimum Gasteiger partial charge on any atom is -0.493 e. The molecule has 1 aromatic carbocycles. The van der Waals surface area contributed by atoms with Gasteiger partial charge in [0.1, 0.15) is 5.75 Å². The summed E-state index contributed by atoms with van der Waals surface area (Å²) in [6, 6.07) is 9.00. The van der Waals surface area contributed by atoms with Crippen molar-refractivity contribution in [2.24, 2.45) is 17.8 Å². The molecular weight excluding hydrogens is 268 g/mol. The van der Waals surface area contributed by atoms with Gasteiger partial charge in [-0.15, -0.1) is 0 Å². The molecule has 0 heterocycles. The van der Waals surface area contributed by atoms with E-state index in [1.165, 1.54) is 56.9 Å². The zero-order valence-corrected chi connectivity index (χ0v) is 14.4. The lowest BCUT2D eigenvalue weighted by molar-refractivity contribution is 0.188. The molecule has 0 amide bonds. The molecule has 0 spiro atoms. The summed E-state index contributed by atoms with van der Waals surface area (Å²) in [4.78, 5) is 0. The zero-order chi connectivity index (χ0) is 15.4. The monoisotopic (exact) mass is 300 g/mol. The van der Waals surface area contributed by atoms with Gasteiger partial charge in [-0.3, -0.25) is 0 Å². The lowest BCUT2D eigenvalue weighted by atomic mass is 9.79. The number of hydrogen-bond donors (Lipinski definition) is 0. The van der Waals surface area contributed by atoms with Gasteiger partial charge in [-0.2, -0.15) is 0 Å². The molecule has 2 aliphatic carbocycles. The Hall–Kier alpha value is -0.980. The molecule has 0 aromatic heterocycles. The number of rotatable bonds is 4. The third-order valence-corrected chi connectivity index (χ3v) is 5.99. The van der Waals surface area contributed by atoms with Crippen LogP contribution in [0.15, 0.2) is 24.3 Å². The summed E-state index contributed by atoms with van der Waals surface area (Å²) < 4.78 is 6.04. The van der Waals surface area contributed by atoms with Crippen molar-refractivity contribution in [2.45, 2.75) is 71.1 Å². The van der Waals surface area contributed by atoms with E-state index in [-0.39, 0.29) is 0 Å². The van der Waals surface area contributed by atoms with E-state index >= 15 is 0 Å². The fraction of sp³-hybridized carbons (Fsp3) is 0.714. The molecule has 2 aliphatic rings. The van der Waals surface area contributed by atoms with Crippen LogP contribution in [-0.2, 0) is 0 Å². The van der Waals surface area contributed by atoms with Crippen molar-refractivity contribution in [1.82, 2.24) is 0 Å². The van der Waals surface area contributed by atoms with Crippen LogP contribution in [0.3, 0.4) is 0 Å². The zero-order valence-electron chi connectivity index (χ0n) is 14.4. The molecule has 0 unspecified atom stereocenters. The van der Waals surface area contributed by atoms with Crippen LogP contribution in [-0.4, -0.2) is 6.61 Å². The Balaban J connectivity index is 1.47. The molecule has 3 rings (SSSR count). The van der Waals surface area contributed by atoms with Crippen LogP contribution in [0, 0.1) is 17.8 Å². The molecule has 0 saturated heterocycles. The van der Waals surface area contributed by atoms with Gasteiger partial charge in [0.05, 0.1) is 6.61 Å². The third kappa shape index (κ3) is 4.27. The largest absolute Gasteiger partial charge is 0.493 e. The maximum absolute atomic E-state index is 6.04. The van der Waals surface area contributed by atoms with Crippen molar-refractivity contribution < 1.29 is 4.74 Å². The minimum absolute atomic E-state index is 0.774. The van der Waals surface area contributed by atoms with E-state index in [2.05, 4.69) is 38.1 Å². The maximum Gasteiger partial charge on any atom is 0.119 e. The van der Waals surface area contributed by atoms with E-state index in [1.807, 2.05) is 0 Å². The van der Waals surface area contributed by atoms with E-state index in [4.69, 9.17) is 4.74 Å². The molecule has 122 valence electrons. The maximum atomic E-state index is 6.04. The van der Waals surface area contributed by atoms with Crippen LogP contribution in [0.2, 0.25) is 0 Å². The summed E-state index contributed by atoms with van der Waals surface area (Å²) in [5.74, 6) is 4.47. The standard InChI is InChI=1S/C21H32O/c1-16-3-7-18(8-4-16)15-22-21-13-11-20(12-14-21)19-9-5-17(2)6-10-19/h11-14,16-19H,3-10,15H2,1-2H3. The van der Waals surface area contributed by atoms with Gasteiger partial charge in [-0.05, 0) is 67.1 Å². The fourth-order valence-electron chi connectivity index (χ4n) is 4.14. The van der Waals surface area contributed by atoms with Gasteiger partial charge in [-0.25, -0.2) is 0 Å². The van der Waals surface area contributed by atoms with Gasteiger partial charge < -0.3 is 4.74 Å². The molecule has 0 radical (unpaired) electrons. The summed E-state index contributed by atoms with van der Waals surface area (Å²) in [6.07, 6.45) is 11.0. The Morgan fingerprint density at radius 1 is 0.773 bits per heavy atom. The average molecular weight is 300 g/mol. The van der Waals surface area contributed by atoms with Crippen LogP contribution in [0.4, 0.5) is 0 Å². The van der Waals surface area contributed by atoms with E-state index in [1.54, 1.807) is 0 Å². The molecule has 1 nitrogen and oxygen atoms in total. The first-order valence-corrected chi connectivity index (χ1v) is 9.43. The molecule has 1 heteroatoms. The van der Waals surface area contributed by atoms with E-state index in [9.17, 15) is 0 Å². The minimum atomic E-state index is 0.774. The lowest BCUT2D eigenvalue weighted by Crippen LogP contribution is -2.18. The Morgan fingerprint density at radius 2 is 1.32 bits per heavy atom. The molecule has 0 N–H and O–H groups in total. The Labute approximate surface area is 136 Å². The highest BCUT2D eigenvalue weighted by Gasteiger charge is 2.20. The van der Waals surface area contributed by atoms with Gasteiger partial charge in [0.2, 0.25) is 0 Å². The van der Waals surface area contributed by atoms with Crippen LogP contribution >= 0.6 is 0 Å². The summed E-state index contributed by atoms with van der Waals surface area (Å²) in [7, 11) is 0. The smallest absolute Gasteiger partial charge is 0.119 e. The van der Waals surface area contributed by atoms with Crippen LogP contribution in [0.25, 0.3) is 0 Å². The highest BCUT2D eigenvalue weighted by Crippen LogP contribution is 2.36. The van der Waals surface area contributed by atoms with Gasteiger partial charge in [0.25, 0.3) is 0 Å². The van der Waals surface area contributed by atoms with Crippen molar-refractivity contribution in [3.05, 3.63) is 29.8 Å². The summed E-state index contributed by atoms with van der Waals surface area (Å²) >= 11 is 0. The highest BCUT2D eigenvalue weighted by molar-refractivity contribution is 5.29. The van der Waals surface area contributed by atoms with Gasteiger partial charge in [-0.1, -0.05) is 51.7 Å². The van der Waals surface area contributed by atoms with Crippen molar-refractivity contribution >= 4 is 0 Å². The van der Waals surface area contributed by atoms with Crippen molar-refractivity contribution in [2.75, 3.05) is 6.61 Å². The lowest BCUT2D eigenvalue weighted by Gasteiger charge is -2.27. The molecule has 1 aromatic rings. The normalized spacial score (nSPS) is 32.6. The van der Waals surface area contributed by atoms with E-state index < -0.39 is 0 Å². The topological polar surface area (TPSA) is 9.23 Å². The van der Waals surface area contributed by atoms with Gasteiger partial charge in [0, 0.05) is 0 Å².